The highest BCUT2D eigenvalue weighted by atomic mass is 19.2. The van der Waals surface area contributed by atoms with Crippen molar-refractivity contribution in [1.29, 1.82) is 0 Å². The van der Waals surface area contributed by atoms with E-state index in [1.807, 2.05) is 24.3 Å². The zero-order chi connectivity index (χ0) is 28.1. The second-order valence-electron chi connectivity index (χ2n) is 11.8. The van der Waals surface area contributed by atoms with Crippen LogP contribution >= 0.6 is 0 Å². The Labute approximate surface area is 237 Å². The molecular formula is C36H41F3O. The maximum Gasteiger partial charge on any atom is 0.201 e. The van der Waals surface area contributed by atoms with E-state index in [1.165, 1.54) is 70.6 Å². The third-order valence-corrected chi connectivity index (χ3v) is 9.34. The lowest BCUT2D eigenvalue weighted by atomic mass is 9.70. The number of halogens is 3. The summed E-state index contributed by atoms with van der Waals surface area (Å²) in [5, 5.41) is 0. The Hall–Kier alpha value is -3.01. The van der Waals surface area contributed by atoms with Crippen LogP contribution in [0.4, 0.5) is 13.2 Å². The standard InChI is InChI=1S/C36H41F3O/c1-3-4-5-6-24-7-9-25(10-8-24)26-11-15-28(16-12-26)31-20-19-30(23-33(31)37)27-13-17-29(18-14-27)32-21-22-34(40-2)36(39)35(32)38/h13-15,17-26H,3-12,16H2,1-2H3. The second kappa shape index (κ2) is 13.1. The van der Waals surface area contributed by atoms with E-state index in [2.05, 4.69) is 13.0 Å². The van der Waals surface area contributed by atoms with Gasteiger partial charge in [-0.05, 0) is 90.3 Å². The minimum Gasteiger partial charge on any atom is -0.494 e. The molecule has 1 unspecified atom stereocenters. The maximum atomic E-state index is 15.3. The number of hydrogen-bond donors (Lipinski definition) is 0. The molecule has 0 radical (unpaired) electrons. The first-order chi connectivity index (χ1) is 19.5. The van der Waals surface area contributed by atoms with Gasteiger partial charge in [-0.15, -0.1) is 0 Å². The molecule has 0 N–H and O–H groups in total. The van der Waals surface area contributed by atoms with Crippen molar-refractivity contribution in [3.05, 3.63) is 83.7 Å². The summed E-state index contributed by atoms with van der Waals surface area (Å²) >= 11 is 0. The van der Waals surface area contributed by atoms with Gasteiger partial charge in [-0.1, -0.05) is 87.9 Å². The fourth-order valence-corrected chi connectivity index (χ4v) is 6.87. The van der Waals surface area contributed by atoms with Crippen LogP contribution in [0.3, 0.4) is 0 Å². The molecule has 3 aromatic rings. The number of allylic oxidation sites excluding steroid dienone is 2. The summed E-state index contributed by atoms with van der Waals surface area (Å²) in [5.74, 6) is 0.228. The first-order valence-electron chi connectivity index (χ1n) is 15.1. The SMILES string of the molecule is CCCCCC1CCC(C2CC=C(c3ccc(-c4ccc(-c5ccc(OC)c(F)c5F)cc4)cc3F)CC2)CC1. The van der Waals surface area contributed by atoms with Crippen LogP contribution in [0.5, 0.6) is 5.75 Å². The lowest BCUT2D eigenvalue weighted by Crippen LogP contribution is -2.23. The normalized spacial score (nSPS) is 21.2. The predicted molar refractivity (Wildman–Crippen MR) is 159 cm³/mol. The third-order valence-electron chi connectivity index (χ3n) is 9.34. The van der Waals surface area contributed by atoms with E-state index in [9.17, 15) is 8.78 Å². The molecule has 0 aliphatic heterocycles. The van der Waals surface area contributed by atoms with Crippen LogP contribution in [0.2, 0.25) is 0 Å². The number of rotatable bonds is 9. The van der Waals surface area contributed by atoms with Crippen molar-refractivity contribution in [2.45, 2.75) is 77.6 Å². The predicted octanol–water partition coefficient (Wildman–Crippen LogP) is 11.0. The first kappa shape index (κ1) is 28.5. The lowest BCUT2D eigenvalue weighted by molar-refractivity contribution is 0.187. The quantitative estimate of drug-likeness (QED) is 0.243. The Morgan fingerprint density at radius 2 is 1.43 bits per heavy atom. The molecule has 40 heavy (non-hydrogen) atoms. The molecule has 4 heteroatoms. The molecule has 0 amide bonds. The molecule has 0 heterocycles. The minimum absolute atomic E-state index is 0.127. The van der Waals surface area contributed by atoms with Crippen molar-refractivity contribution in [3.63, 3.8) is 0 Å². The Morgan fingerprint density at radius 1 is 0.725 bits per heavy atom. The summed E-state index contributed by atoms with van der Waals surface area (Å²) in [6, 6.07) is 15.4. The highest BCUT2D eigenvalue weighted by molar-refractivity contribution is 5.74. The number of methoxy groups -OCH3 is 1. The fourth-order valence-electron chi connectivity index (χ4n) is 6.87. The Bertz CT molecular complexity index is 1320. The van der Waals surface area contributed by atoms with Gasteiger partial charge in [-0.2, -0.15) is 4.39 Å². The van der Waals surface area contributed by atoms with Crippen molar-refractivity contribution < 1.29 is 17.9 Å². The van der Waals surface area contributed by atoms with Crippen molar-refractivity contribution in [3.8, 4) is 28.0 Å². The topological polar surface area (TPSA) is 9.23 Å². The van der Waals surface area contributed by atoms with E-state index in [4.69, 9.17) is 4.74 Å². The van der Waals surface area contributed by atoms with Gasteiger partial charge in [0.25, 0.3) is 0 Å². The van der Waals surface area contributed by atoms with Gasteiger partial charge in [0.1, 0.15) is 5.82 Å². The van der Waals surface area contributed by atoms with Crippen molar-refractivity contribution >= 4 is 5.57 Å². The van der Waals surface area contributed by atoms with Crippen LogP contribution in [0.25, 0.3) is 27.8 Å². The average Bonchev–Trinajstić information content (AvgIpc) is 2.99. The molecule has 3 aromatic carbocycles. The molecule has 2 aliphatic carbocycles. The Morgan fingerprint density at radius 3 is 2.08 bits per heavy atom. The number of benzene rings is 3. The summed E-state index contributed by atoms with van der Waals surface area (Å²) in [6.07, 6.45) is 16.4. The smallest absolute Gasteiger partial charge is 0.201 e. The van der Waals surface area contributed by atoms with Crippen LogP contribution in [-0.4, -0.2) is 7.11 Å². The van der Waals surface area contributed by atoms with E-state index in [1.54, 1.807) is 18.2 Å². The summed E-state index contributed by atoms with van der Waals surface area (Å²) in [7, 11) is 1.31. The van der Waals surface area contributed by atoms with Crippen molar-refractivity contribution in [2.24, 2.45) is 17.8 Å². The van der Waals surface area contributed by atoms with Crippen LogP contribution < -0.4 is 4.74 Å². The van der Waals surface area contributed by atoms with E-state index >= 15 is 4.39 Å². The Kier molecular flexibility index (Phi) is 9.34. The summed E-state index contributed by atoms with van der Waals surface area (Å²) in [4.78, 5) is 0. The number of unbranched alkanes of at least 4 members (excludes halogenated alkanes) is 2. The third kappa shape index (κ3) is 6.32. The first-order valence-corrected chi connectivity index (χ1v) is 15.1. The number of hydrogen-bond acceptors (Lipinski definition) is 1. The van der Waals surface area contributed by atoms with Crippen molar-refractivity contribution in [2.75, 3.05) is 7.11 Å². The maximum absolute atomic E-state index is 15.3. The molecule has 212 valence electrons. The van der Waals surface area contributed by atoms with Gasteiger partial charge in [0.15, 0.2) is 11.6 Å². The summed E-state index contributed by atoms with van der Waals surface area (Å²) < 4.78 is 48.8. The molecule has 0 saturated heterocycles. The largest absolute Gasteiger partial charge is 0.494 e. The van der Waals surface area contributed by atoms with Gasteiger partial charge in [-0.3, -0.25) is 0 Å². The number of ether oxygens (including phenoxy) is 1. The Balaban J connectivity index is 1.21. The molecule has 5 rings (SSSR count). The molecule has 0 spiro atoms. The van der Waals surface area contributed by atoms with Gasteiger partial charge in [-0.25, -0.2) is 8.78 Å². The van der Waals surface area contributed by atoms with Gasteiger partial charge < -0.3 is 4.74 Å². The average molecular weight is 547 g/mol. The molecule has 1 fully saturated rings. The van der Waals surface area contributed by atoms with Gasteiger partial charge in [0.05, 0.1) is 7.11 Å². The van der Waals surface area contributed by atoms with E-state index in [-0.39, 0.29) is 17.1 Å². The zero-order valence-electron chi connectivity index (χ0n) is 23.8. The summed E-state index contributed by atoms with van der Waals surface area (Å²) in [5.41, 5.74) is 4.13. The van der Waals surface area contributed by atoms with Crippen LogP contribution in [0, 0.1) is 35.2 Å². The van der Waals surface area contributed by atoms with E-state index in [0.717, 1.165) is 53.7 Å². The molecule has 1 nitrogen and oxygen atoms in total. The van der Waals surface area contributed by atoms with E-state index < -0.39 is 11.6 Å². The van der Waals surface area contributed by atoms with E-state index in [0.29, 0.717) is 11.1 Å². The monoisotopic (exact) mass is 546 g/mol. The van der Waals surface area contributed by atoms with Crippen LogP contribution in [0.1, 0.15) is 83.1 Å². The minimum atomic E-state index is -1.00. The fraction of sp³-hybridized carbons (Fsp3) is 0.444. The van der Waals surface area contributed by atoms with Gasteiger partial charge >= 0.3 is 0 Å². The molecule has 2 aliphatic rings. The van der Waals surface area contributed by atoms with Crippen molar-refractivity contribution in [1.82, 2.24) is 0 Å². The molecule has 1 saturated carbocycles. The van der Waals surface area contributed by atoms with Crippen LogP contribution in [0.15, 0.2) is 60.7 Å². The highest BCUT2D eigenvalue weighted by Gasteiger charge is 2.29. The van der Waals surface area contributed by atoms with Crippen LogP contribution in [-0.2, 0) is 0 Å². The highest BCUT2D eigenvalue weighted by Crippen LogP contribution is 2.43. The molecular weight excluding hydrogens is 505 g/mol. The van der Waals surface area contributed by atoms with Gasteiger partial charge in [0, 0.05) is 11.1 Å². The molecule has 0 bridgehead atoms. The second-order valence-corrected chi connectivity index (χ2v) is 11.8. The lowest BCUT2D eigenvalue weighted by Gasteiger charge is -2.35. The summed E-state index contributed by atoms with van der Waals surface area (Å²) in [6.45, 7) is 2.28. The zero-order valence-corrected chi connectivity index (χ0v) is 23.8. The molecule has 1 atom stereocenters. The molecule has 0 aromatic heterocycles. The van der Waals surface area contributed by atoms with Gasteiger partial charge in [0.2, 0.25) is 5.82 Å².